The third kappa shape index (κ3) is 2.10. The molecule has 0 amide bonds. The van der Waals surface area contributed by atoms with E-state index in [0.717, 1.165) is 11.3 Å². The summed E-state index contributed by atoms with van der Waals surface area (Å²) in [6.07, 6.45) is 0.800. The molecule has 2 heterocycles. The molecule has 0 aromatic carbocycles. The molecule has 2 aromatic heterocycles. The number of rotatable bonds is 5. The summed E-state index contributed by atoms with van der Waals surface area (Å²) >= 11 is 1.45. The first-order valence-electron chi connectivity index (χ1n) is 4.95. The Morgan fingerprint density at radius 1 is 1.05 bits per heavy atom. The normalized spacial score (nSPS) is 10.2. The molecule has 0 aliphatic heterocycles. The van der Waals surface area contributed by atoms with Crippen molar-refractivity contribution in [3.05, 3.63) is 41.4 Å². The minimum atomic E-state index is -0.913. The predicted molar refractivity (Wildman–Crippen MR) is 71.7 cm³/mol. The first kappa shape index (κ1) is 14.0. The molecular formula is C10H4N2O6S2. The van der Waals surface area contributed by atoms with E-state index in [0.29, 0.717) is 23.9 Å². The Hall–Kier alpha value is -2.46. The second-order valence-electron chi connectivity index (χ2n) is 3.44. The molecule has 0 unspecified atom stereocenters. The third-order valence-corrected chi connectivity index (χ3v) is 4.32. The van der Waals surface area contributed by atoms with Gasteiger partial charge in [-0.25, -0.2) is 0 Å². The van der Waals surface area contributed by atoms with Gasteiger partial charge >= 0.3 is 10.7 Å². The molecular weight excluding hydrogens is 308 g/mol. The Balaban J connectivity index is 2.86. The van der Waals surface area contributed by atoms with E-state index in [4.69, 9.17) is 0 Å². The standard InChI is InChI=1S/C10H4N2O6S2/c13-3-6-5(1-2-19-6)8-7(4-14)20-10(12(17)18)9(8)11(15)16/h1-4H. The van der Waals surface area contributed by atoms with Crippen LogP contribution in [0, 0.1) is 20.2 Å². The summed E-state index contributed by atoms with van der Waals surface area (Å²) in [4.78, 5) is 42.1. The van der Waals surface area contributed by atoms with Crippen molar-refractivity contribution in [1.82, 2.24) is 0 Å². The van der Waals surface area contributed by atoms with Crippen LogP contribution >= 0.6 is 22.7 Å². The highest BCUT2D eigenvalue weighted by molar-refractivity contribution is 7.18. The fraction of sp³-hybridized carbons (Fsp3) is 0. The number of carbonyl (C=O) groups excluding carboxylic acids is 2. The van der Waals surface area contributed by atoms with E-state index in [1.807, 2.05) is 0 Å². The van der Waals surface area contributed by atoms with Crippen molar-refractivity contribution in [2.24, 2.45) is 0 Å². The lowest BCUT2D eigenvalue weighted by molar-refractivity contribution is -0.418. The molecule has 0 N–H and O–H groups in total. The number of aldehydes is 2. The van der Waals surface area contributed by atoms with E-state index in [2.05, 4.69) is 0 Å². The van der Waals surface area contributed by atoms with Crippen LogP contribution in [0.15, 0.2) is 11.4 Å². The SMILES string of the molecule is O=Cc1sccc1-c1c(C=O)sc([N+](=O)[O-])c1[N+](=O)[O-]. The molecule has 0 radical (unpaired) electrons. The summed E-state index contributed by atoms with van der Waals surface area (Å²) < 4.78 is 0. The number of thiophene rings is 2. The quantitative estimate of drug-likeness (QED) is 0.475. The Bertz CT molecular complexity index is 732. The molecule has 0 fully saturated rings. The minimum Gasteiger partial charge on any atom is -0.297 e. The van der Waals surface area contributed by atoms with E-state index in [1.54, 1.807) is 0 Å². The van der Waals surface area contributed by atoms with Crippen LogP contribution in [0.3, 0.4) is 0 Å². The van der Waals surface area contributed by atoms with E-state index in [-0.39, 0.29) is 20.9 Å². The monoisotopic (exact) mass is 312 g/mol. The zero-order valence-electron chi connectivity index (χ0n) is 9.47. The van der Waals surface area contributed by atoms with Gasteiger partial charge in [0.1, 0.15) is 0 Å². The average molecular weight is 312 g/mol. The number of hydrogen-bond donors (Lipinski definition) is 0. The van der Waals surface area contributed by atoms with Gasteiger partial charge in [-0.05, 0) is 11.4 Å². The van der Waals surface area contributed by atoms with Gasteiger partial charge in [0, 0.05) is 5.56 Å². The Morgan fingerprint density at radius 3 is 2.20 bits per heavy atom. The summed E-state index contributed by atoms with van der Waals surface area (Å²) in [5.74, 6) is 0. The lowest BCUT2D eigenvalue weighted by Gasteiger charge is -1.97. The van der Waals surface area contributed by atoms with Gasteiger partial charge < -0.3 is 0 Å². The fourth-order valence-corrected chi connectivity index (χ4v) is 3.30. The van der Waals surface area contributed by atoms with Crippen molar-refractivity contribution in [1.29, 1.82) is 0 Å². The first-order valence-corrected chi connectivity index (χ1v) is 6.64. The molecule has 0 saturated heterocycles. The lowest BCUT2D eigenvalue weighted by atomic mass is 10.1. The lowest BCUT2D eigenvalue weighted by Crippen LogP contribution is -1.95. The zero-order chi connectivity index (χ0) is 14.9. The Labute approximate surface area is 118 Å². The largest absolute Gasteiger partial charge is 0.402 e. The summed E-state index contributed by atoms with van der Waals surface area (Å²) in [5, 5.41) is 22.7. The van der Waals surface area contributed by atoms with Crippen LogP contribution in [0.4, 0.5) is 10.7 Å². The van der Waals surface area contributed by atoms with Crippen molar-refractivity contribution in [2.45, 2.75) is 0 Å². The topological polar surface area (TPSA) is 120 Å². The van der Waals surface area contributed by atoms with Crippen LogP contribution in [-0.2, 0) is 0 Å². The van der Waals surface area contributed by atoms with Gasteiger partial charge in [-0.3, -0.25) is 29.8 Å². The summed E-state index contributed by atoms with van der Waals surface area (Å²) in [5.41, 5.74) is -0.781. The van der Waals surface area contributed by atoms with Crippen LogP contribution in [0.2, 0.25) is 0 Å². The van der Waals surface area contributed by atoms with Crippen molar-refractivity contribution < 1.29 is 19.4 Å². The van der Waals surface area contributed by atoms with Crippen LogP contribution in [-0.4, -0.2) is 22.4 Å². The molecule has 20 heavy (non-hydrogen) atoms. The summed E-state index contributed by atoms with van der Waals surface area (Å²) in [7, 11) is 0. The average Bonchev–Trinajstić information content (AvgIpc) is 3.01. The smallest absolute Gasteiger partial charge is 0.297 e. The summed E-state index contributed by atoms with van der Waals surface area (Å²) in [6.45, 7) is 0. The molecule has 0 aliphatic carbocycles. The molecule has 0 spiro atoms. The van der Waals surface area contributed by atoms with Crippen molar-refractivity contribution in [3.8, 4) is 11.1 Å². The van der Waals surface area contributed by atoms with Gasteiger partial charge in [0.15, 0.2) is 12.6 Å². The van der Waals surface area contributed by atoms with Gasteiger partial charge in [0.2, 0.25) is 0 Å². The second-order valence-corrected chi connectivity index (χ2v) is 5.42. The molecule has 0 atom stereocenters. The zero-order valence-corrected chi connectivity index (χ0v) is 11.1. The van der Waals surface area contributed by atoms with Gasteiger partial charge in [-0.15, -0.1) is 11.3 Å². The Kier molecular flexibility index (Phi) is 3.68. The van der Waals surface area contributed by atoms with Crippen molar-refractivity contribution >= 4 is 45.9 Å². The molecule has 0 aliphatic rings. The van der Waals surface area contributed by atoms with Crippen LogP contribution in [0.5, 0.6) is 0 Å². The highest BCUT2D eigenvalue weighted by atomic mass is 32.1. The molecule has 2 rings (SSSR count). The second kappa shape index (κ2) is 5.27. The van der Waals surface area contributed by atoms with E-state index in [9.17, 15) is 29.8 Å². The van der Waals surface area contributed by atoms with Crippen LogP contribution in [0.1, 0.15) is 19.3 Å². The predicted octanol–water partition coefficient (Wildman–Crippen LogP) is 2.92. The summed E-state index contributed by atoms with van der Waals surface area (Å²) in [6, 6.07) is 1.42. The number of hydrogen-bond acceptors (Lipinski definition) is 8. The highest BCUT2D eigenvalue weighted by Crippen LogP contribution is 2.47. The van der Waals surface area contributed by atoms with E-state index >= 15 is 0 Å². The maximum absolute atomic E-state index is 11.1. The number of carbonyl (C=O) groups is 2. The molecule has 102 valence electrons. The van der Waals surface area contributed by atoms with Gasteiger partial charge in [0.05, 0.1) is 25.2 Å². The molecule has 0 bridgehead atoms. The van der Waals surface area contributed by atoms with Gasteiger partial charge in [-0.2, -0.15) is 0 Å². The third-order valence-electron chi connectivity index (χ3n) is 2.42. The van der Waals surface area contributed by atoms with Crippen molar-refractivity contribution in [2.75, 3.05) is 0 Å². The fourth-order valence-electron chi connectivity index (χ4n) is 1.68. The van der Waals surface area contributed by atoms with Crippen LogP contribution in [0.25, 0.3) is 11.1 Å². The molecule has 10 heteroatoms. The van der Waals surface area contributed by atoms with Gasteiger partial charge in [-0.1, -0.05) is 11.3 Å². The molecule has 8 nitrogen and oxygen atoms in total. The minimum absolute atomic E-state index is 0.148. The highest BCUT2D eigenvalue weighted by Gasteiger charge is 2.37. The van der Waals surface area contributed by atoms with E-state index < -0.39 is 20.5 Å². The maximum atomic E-state index is 11.1. The molecule has 0 saturated carbocycles. The van der Waals surface area contributed by atoms with Gasteiger partial charge in [0.25, 0.3) is 0 Å². The molecule has 2 aromatic rings. The Morgan fingerprint density at radius 2 is 1.70 bits per heavy atom. The maximum Gasteiger partial charge on any atom is 0.402 e. The van der Waals surface area contributed by atoms with Crippen molar-refractivity contribution in [3.63, 3.8) is 0 Å². The van der Waals surface area contributed by atoms with Crippen LogP contribution < -0.4 is 0 Å². The first-order chi connectivity index (χ1) is 9.51. The number of nitro groups is 2. The number of nitrogens with zero attached hydrogens (tertiary/aromatic N) is 2. The van der Waals surface area contributed by atoms with E-state index in [1.165, 1.54) is 11.4 Å².